The fourth-order valence-corrected chi connectivity index (χ4v) is 2.43. The standard InChI is InChI=1S/C12H10BrN3O3S/c1-20(19)9-4-2-3-8(7-9)14-12-10(16(17)18)5-6-11(13)15-12/h2-7H,1H3,(H,14,15). The Morgan fingerprint density at radius 2 is 2.10 bits per heavy atom. The molecular formula is C12H10BrN3O3S. The van der Waals surface area contributed by atoms with Crippen molar-refractivity contribution >= 4 is 43.9 Å². The van der Waals surface area contributed by atoms with Crippen molar-refractivity contribution in [2.45, 2.75) is 4.90 Å². The molecule has 1 unspecified atom stereocenters. The number of anilines is 2. The van der Waals surface area contributed by atoms with Gasteiger partial charge in [0.05, 0.1) is 4.92 Å². The lowest BCUT2D eigenvalue weighted by Gasteiger charge is -2.07. The van der Waals surface area contributed by atoms with Crippen LogP contribution in [0, 0.1) is 10.1 Å². The zero-order chi connectivity index (χ0) is 14.7. The molecular weight excluding hydrogens is 346 g/mol. The van der Waals surface area contributed by atoms with E-state index >= 15 is 0 Å². The third kappa shape index (κ3) is 3.40. The van der Waals surface area contributed by atoms with E-state index < -0.39 is 15.7 Å². The van der Waals surface area contributed by atoms with Gasteiger partial charge in [0.2, 0.25) is 5.82 Å². The van der Waals surface area contributed by atoms with Gasteiger partial charge in [-0.2, -0.15) is 0 Å². The van der Waals surface area contributed by atoms with E-state index in [0.29, 0.717) is 15.2 Å². The summed E-state index contributed by atoms with van der Waals surface area (Å²) in [6.45, 7) is 0. The molecule has 0 aliphatic carbocycles. The van der Waals surface area contributed by atoms with Gasteiger partial charge in [-0.05, 0) is 40.2 Å². The number of aromatic nitrogens is 1. The van der Waals surface area contributed by atoms with Crippen LogP contribution in [0.1, 0.15) is 0 Å². The van der Waals surface area contributed by atoms with Gasteiger partial charge in [-0.1, -0.05) is 6.07 Å². The average molecular weight is 356 g/mol. The molecule has 1 aromatic heterocycles. The Bertz CT molecular complexity index is 693. The molecule has 0 amide bonds. The van der Waals surface area contributed by atoms with Crippen molar-refractivity contribution in [2.75, 3.05) is 11.6 Å². The lowest BCUT2D eigenvalue weighted by atomic mass is 10.3. The van der Waals surface area contributed by atoms with Crippen molar-refractivity contribution in [1.82, 2.24) is 4.98 Å². The third-order valence-corrected chi connectivity index (χ3v) is 3.82. The highest BCUT2D eigenvalue weighted by Gasteiger charge is 2.16. The van der Waals surface area contributed by atoms with Gasteiger partial charge in [0.1, 0.15) is 4.60 Å². The fraction of sp³-hybridized carbons (Fsp3) is 0.0833. The fourth-order valence-electron chi connectivity index (χ4n) is 1.56. The van der Waals surface area contributed by atoms with Gasteiger partial charge in [-0.25, -0.2) is 4.98 Å². The van der Waals surface area contributed by atoms with Crippen LogP contribution in [0.4, 0.5) is 17.2 Å². The molecule has 0 aliphatic heterocycles. The van der Waals surface area contributed by atoms with Crippen molar-refractivity contribution in [3.05, 3.63) is 51.1 Å². The summed E-state index contributed by atoms with van der Waals surface area (Å²) in [7, 11) is -1.12. The second-order valence-electron chi connectivity index (χ2n) is 3.87. The molecule has 2 aromatic rings. The first-order valence-electron chi connectivity index (χ1n) is 5.49. The van der Waals surface area contributed by atoms with Crippen LogP contribution in [-0.2, 0) is 10.8 Å². The summed E-state index contributed by atoms with van der Waals surface area (Å²) in [5.74, 6) is 0.128. The van der Waals surface area contributed by atoms with Crippen LogP contribution in [0.2, 0.25) is 0 Å². The normalized spacial score (nSPS) is 11.9. The molecule has 0 bridgehead atoms. The topological polar surface area (TPSA) is 85.1 Å². The summed E-state index contributed by atoms with van der Waals surface area (Å²) < 4.78 is 11.9. The van der Waals surface area contributed by atoms with E-state index in [1.165, 1.54) is 12.1 Å². The molecule has 0 aliphatic rings. The minimum atomic E-state index is -1.12. The van der Waals surface area contributed by atoms with Gasteiger partial charge in [-0.3, -0.25) is 14.3 Å². The molecule has 2 rings (SSSR count). The Hall–Kier alpha value is -1.80. The van der Waals surface area contributed by atoms with Crippen LogP contribution in [-0.4, -0.2) is 20.4 Å². The maximum absolute atomic E-state index is 11.4. The highest BCUT2D eigenvalue weighted by molar-refractivity contribution is 9.10. The number of nitro groups is 1. The predicted octanol–water partition coefficient (Wildman–Crippen LogP) is 3.23. The zero-order valence-corrected chi connectivity index (χ0v) is 12.8. The maximum atomic E-state index is 11.4. The number of hydrogen-bond acceptors (Lipinski definition) is 5. The predicted molar refractivity (Wildman–Crippen MR) is 80.6 cm³/mol. The van der Waals surface area contributed by atoms with Crippen LogP contribution < -0.4 is 5.32 Å². The summed E-state index contributed by atoms with van der Waals surface area (Å²) in [5.41, 5.74) is 0.461. The lowest BCUT2D eigenvalue weighted by Crippen LogP contribution is -2.00. The van der Waals surface area contributed by atoms with Gasteiger partial charge < -0.3 is 5.32 Å². The Kier molecular flexibility index (Phi) is 4.46. The van der Waals surface area contributed by atoms with Crippen molar-refractivity contribution in [2.24, 2.45) is 0 Å². The largest absolute Gasteiger partial charge is 0.334 e. The molecule has 20 heavy (non-hydrogen) atoms. The first-order chi connectivity index (χ1) is 9.47. The van der Waals surface area contributed by atoms with Crippen LogP contribution in [0.3, 0.4) is 0 Å². The molecule has 0 radical (unpaired) electrons. The Morgan fingerprint density at radius 1 is 1.35 bits per heavy atom. The minimum Gasteiger partial charge on any atom is -0.334 e. The Morgan fingerprint density at radius 3 is 2.75 bits per heavy atom. The highest BCUT2D eigenvalue weighted by atomic mass is 79.9. The number of rotatable bonds is 4. The number of halogens is 1. The Balaban J connectivity index is 2.39. The van der Waals surface area contributed by atoms with E-state index in [0.717, 1.165) is 0 Å². The molecule has 104 valence electrons. The van der Waals surface area contributed by atoms with Crippen LogP contribution in [0.25, 0.3) is 0 Å². The van der Waals surface area contributed by atoms with Gasteiger partial charge in [0.25, 0.3) is 0 Å². The number of nitrogens with zero attached hydrogens (tertiary/aromatic N) is 2. The summed E-state index contributed by atoms with van der Waals surface area (Å²) in [6, 6.07) is 9.71. The molecule has 1 atom stereocenters. The average Bonchev–Trinajstić information content (AvgIpc) is 2.38. The number of hydrogen-bond donors (Lipinski definition) is 1. The number of nitrogens with one attached hydrogen (secondary N) is 1. The molecule has 8 heteroatoms. The SMILES string of the molecule is CS(=O)c1cccc(Nc2nc(Br)ccc2[N+](=O)[O-])c1. The second kappa shape index (κ2) is 6.10. The van der Waals surface area contributed by atoms with Gasteiger partial charge in [0.15, 0.2) is 0 Å². The molecule has 0 spiro atoms. The van der Waals surface area contributed by atoms with E-state index in [-0.39, 0.29) is 11.5 Å². The first-order valence-corrected chi connectivity index (χ1v) is 7.84. The summed E-state index contributed by atoms with van der Waals surface area (Å²) in [4.78, 5) is 15.1. The molecule has 6 nitrogen and oxygen atoms in total. The van der Waals surface area contributed by atoms with Gasteiger partial charge in [0, 0.05) is 33.7 Å². The van der Waals surface area contributed by atoms with Crippen LogP contribution in [0.15, 0.2) is 45.9 Å². The number of pyridine rings is 1. The molecule has 1 N–H and O–H groups in total. The van der Waals surface area contributed by atoms with E-state index in [9.17, 15) is 14.3 Å². The van der Waals surface area contributed by atoms with Crippen LogP contribution in [0.5, 0.6) is 0 Å². The molecule has 0 saturated carbocycles. The lowest BCUT2D eigenvalue weighted by molar-refractivity contribution is -0.384. The third-order valence-electron chi connectivity index (χ3n) is 2.47. The molecule has 0 saturated heterocycles. The van der Waals surface area contributed by atoms with E-state index in [2.05, 4.69) is 26.2 Å². The highest BCUT2D eigenvalue weighted by Crippen LogP contribution is 2.27. The second-order valence-corrected chi connectivity index (χ2v) is 6.06. The van der Waals surface area contributed by atoms with E-state index in [4.69, 9.17) is 0 Å². The van der Waals surface area contributed by atoms with E-state index in [1.807, 2.05) is 0 Å². The van der Waals surface area contributed by atoms with Gasteiger partial charge in [-0.15, -0.1) is 0 Å². The molecule has 1 heterocycles. The van der Waals surface area contributed by atoms with E-state index in [1.54, 1.807) is 30.5 Å². The zero-order valence-electron chi connectivity index (χ0n) is 10.4. The smallest absolute Gasteiger partial charge is 0.311 e. The molecule has 0 fully saturated rings. The summed E-state index contributed by atoms with van der Waals surface area (Å²) in [6.07, 6.45) is 1.57. The minimum absolute atomic E-state index is 0.128. The Labute approximate surface area is 126 Å². The van der Waals surface area contributed by atoms with Crippen molar-refractivity contribution in [3.63, 3.8) is 0 Å². The van der Waals surface area contributed by atoms with Crippen molar-refractivity contribution in [1.29, 1.82) is 0 Å². The van der Waals surface area contributed by atoms with Crippen molar-refractivity contribution in [3.8, 4) is 0 Å². The van der Waals surface area contributed by atoms with Crippen molar-refractivity contribution < 1.29 is 9.13 Å². The summed E-state index contributed by atoms with van der Waals surface area (Å²) >= 11 is 3.17. The quantitative estimate of drug-likeness (QED) is 0.516. The maximum Gasteiger partial charge on any atom is 0.311 e. The molecule has 1 aromatic carbocycles. The first kappa shape index (κ1) is 14.6. The number of benzene rings is 1. The van der Waals surface area contributed by atoms with Gasteiger partial charge >= 0.3 is 5.69 Å². The monoisotopic (exact) mass is 355 g/mol. The van der Waals surface area contributed by atoms with Crippen LogP contribution >= 0.6 is 15.9 Å². The summed E-state index contributed by atoms with van der Waals surface area (Å²) in [5, 5.41) is 13.8.